The van der Waals surface area contributed by atoms with Crippen LogP contribution in [0.2, 0.25) is 0 Å². The maximum absolute atomic E-state index is 13.8. The summed E-state index contributed by atoms with van der Waals surface area (Å²) in [6.07, 6.45) is 0. The number of hydrogen-bond acceptors (Lipinski definition) is 6. The Labute approximate surface area is 190 Å². The van der Waals surface area contributed by atoms with E-state index in [-0.39, 0.29) is 11.6 Å². The average Bonchev–Trinajstić information content (AvgIpc) is 3.42. The number of rotatable bonds is 5. The zero-order valence-electron chi connectivity index (χ0n) is 18.3. The Morgan fingerprint density at radius 2 is 1.81 bits per heavy atom. The van der Waals surface area contributed by atoms with Gasteiger partial charge in [0.1, 0.15) is 11.5 Å². The van der Waals surface area contributed by atoms with Crippen LogP contribution in [-0.4, -0.2) is 26.9 Å². The number of fused-ring (bicyclic) bond motifs is 1. The first-order valence-corrected chi connectivity index (χ1v) is 11.0. The van der Waals surface area contributed by atoms with E-state index in [9.17, 15) is 9.59 Å². The van der Waals surface area contributed by atoms with E-state index in [1.54, 1.807) is 24.4 Å². The lowest BCUT2D eigenvalue weighted by Gasteiger charge is -2.32. The van der Waals surface area contributed by atoms with Gasteiger partial charge in [-0.05, 0) is 62.8 Å². The van der Waals surface area contributed by atoms with E-state index in [4.69, 9.17) is 4.42 Å². The molecule has 0 saturated heterocycles. The standard InChI is InChI=1S/C24H24N4O3S/c1-15-12-13-20(31-15)21(22(29)25-24(2,3)4)28(23(30)18-14-32-27-26-18)19-11-7-9-16-8-5-6-10-17(16)19/h5-14,21H,1-4H3,(H,25,29). The Balaban J connectivity index is 1.95. The predicted molar refractivity (Wildman–Crippen MR) is 125 cm³/mol. The first kappa shape index (κ1) is 21.7. The number of anilines is 1. The van der Waals surface area contributed by atoms with E-state index in [1.165, 1.54) is 4.90 Å². The molecule has 2 aromatic carbocycles. The van der Waals surface area contributed by atoms with E-state index < -0.39 is 17.5 Å². The Bertz CT molecular complexity index is 1250. The van der Waals surface area contributed by atoms with Crippen molar-refractivity contribution in [3.05, 3.63) is 77.2 Å². The Kier molecular flexibility index (Phi) is 5.80. The van der Waals surface area contributed by atoms with Crippen LogP contribution in [0.1, 0.15) is 48.8 Å². The molecule has 8 heteroatoms. The number of benzene rings is 2. The molecule has 32 heavy (non-hydrogen) atoms. The summed E-state index contributed by atoms with van der Waals surface area (Å²) in [5, 5.41) is 10.3. The minimum Gasteiger partial charge on any atom is -0.464 e. The van der Waals surface area contributed by atoms with Gasteiger partial charge in [-0.1, -0.05) is 40.9 Å². The van der Waals surface area contributed by atoms with Gasteiger partial charge in [-0.15, -0.1) is 5.10 Å². The van der Waals surface area contributed by atoms with Crippen molar-refractivity contribution in [1.29, 1.82) is 0 Å². The lowest BCUT2D eigenvalue weighted by molar-refractivity contribution is -0.124. The quantitative estimate of drug-likeness (QED) is 0.469. The summed E-state index contributed by atoms with van der Waals surface area (Å²) in [5.74, 6) is 0.234. The summed E-state index contributed by atoms with van der Waals surface area (Å²) in [5.41, 5.74) is 0.246. The number of furan rings is 1. The molecule has 4 aromatic rings. The normalized spacial score (nSPS) is 12.5. The third-order valence-electron chi connectivity index (χ3n) is 4.86. The summed E-state index contributed by atoms with van der Waals surface area (Å²) < 4.78 is 9.72. The average molecular weight is 449 g/mol. The fraction of sp³-hybridized carbons (Fsp3) is 0.250. The highest BCUT2D eigenvalue weighted by molar-refractivity contribution is 7.03. The highest BCUT2D eigenvalue weighted by Crippen LogP contribution is 2.35. The fourth-order valence-corrected chi connectivity index (χ4v) is 4.01. The van der Waals surface area contributed by atoms with Gasteiger partial charge in [0.15, 0.2) is 11.7 Å². The van der Waals surface area contributed by atoms with Crippen LogP contribution >= 0.6 is 11.5 Å². The van der Waals surface area contributed by atoms with Gasteiger partial charge in [0.25, 0.3) is 11.8 Å². The van der Waals surface area contributed by atoms with Crippen LogP contribution in [-0.2, 0) is 4.79 Å². The molecule has 0 spiro atoms. The van der Waals surface area contributed by atoms with E-state index >= 15 is 0 Å². The topological polar surface area (TPSA) is 88.3 Å². The lowest BCUT2D eigenvalue weighted by Crippen LogP contribution is -2.49. The molecule has 4 rings (SSSR count). The van der Waals surface area contributed by atoms with Crippen molar-refractivity contribution in [2.45, 2.75) is 39.3 Å². The number of carbonyl (C=O) groups is 2. The lowest BCUT2D eigenvalue weighted by atomic mass is 10.0. The molecule has 2 amide bonds. The molecule has 0 fully saturated rings. The van der Waals surface area contributed by atoms with Gasteiger partial charge in [-0.3, -0.25) is 14.5 Å². The molecule has 1 unspecified atom stereocenters. The summed E-state index contributed by atoms with van der Waals surface area (Å²) >= 11 is 1.08. The van der Waals surface area contributed by atoms with Crippen molar-refractivity contribution in [1.82, 2.24) is 14.9 Å². The van der Waals surface area contributed by atoms with Gasteiger partial charge < -0.3 is 9.73 Å². The molecule has 1 N–H and O–H groups in total. The maximum atomic E-state index is 13.8. The molecule has 0 aliphatic heterocycles. The van der Waals surface area contributed by atoms with Gasteiger partial charge in [0, 0.05) is 16.3 Å². The van der Waals surface area contributed by atoms with Crippen LogP contribution in [0.15, 0.2) is 64.4 Å². The molecule has 7 nitrogen and oxygen atoms in total. The van der Waals surface area contributed by atoms with E-state index in [0.717, 1.165) is 22.3 Å². The van der Waals surface area contributed by atoms with Crippen molar-refractivity contribution >= 4 is 39.8 Å². The van der Waals surface area contributed by atoms with Gasteiger partial charge in [-0.2, -0.15) is 0 Å². The third kappa shape index (κ3) is 4.40. The zero-order valence-corrected chi connectivity index (χ0v) is 19.1. The molecule has 0 saturated carbocycles. The van der Waals surface area contributed by atoms with Gasteiger partial charge >= 0.3 is 0 Å². The molecule has 0 bridgehead atoms. The number of carbonyl (C=O) groups excluding carboxylic acids is 2. The number of hydrogen-bond donors (Lipinski definition) is 1. The van der Waals surface area contributed by atoms with Crippen molar-refractivity contribution in [3.63, 3.8) is 0 Å². The van der Waals surface area contributed by atoms with Crippen LogP contribution in [0.4, 0.5) is 5.69 Å². The van der Waals surface area contributed by atoms with Crippen molar-refractivity contribution < 1.29 is 14.0 Å². The van der Waals surface area contributed by atoms with Gasteiger partial charge in [0.2, 0.25) is 0 Å². The van der Waals surface area contributed by atoms with Crippen LogP contribution in [0, 0.1) is 6.92 Å². The maximum Gasteiger partial charge on any atom is 0.280 e. The number of aromatic nitrogens is 2. The number of amides is 2. The minimum atomic E-state index is -1.04. The number of nitrogens with one attached hydrogen (secondary N) is 1. The van der Waals surface area contributed by atoms with Crippen molar-refractivity contribution in [2.24, 2.45) is 0 Å². The molecule has 0 radical (unpaired) electrons. The van der Waals surface area contributed by atoms with Gasteiger partial charge in [-0.25, -0.2) is 0 Å². The molecule has 164 valence electrons. The molecular weight excluding hydrogens is 424 g/mol. The SMILES string of the molecule is Cc1ccc(C(C(=O)NC(C)(C)C)N(C(=O)c2csnn2)c2cccc3ccccc23)o1. The highest BCUT2D eigenvalue weighted by Gasteiger charge is 2.38. The van der Waals surface area contributed by atoms with Crippen LogP contribution in [0.5, 0.6) is 0 Å². The largest absolute Gasteiger partial charge is 0.464 e. The van der Waals surface area contributed by atoms with E-state index in [0.29, 0.717) is 17.2 Å². The summed E-state index contributed by atoms with van der Waals surface area (Å²) in [6.45, 7) is 7.48. The summed E-state index contributed by atoms with van der Waals surface area (Å²) in [6, 6.07) is 15.9. The smallest absolute Gasteiger partial charge is 0.280 e. The second kappa shape index (κ2) is 8.55. The van der Waals surface area contributed by atoms with E-state index in [1.807, 2.05) is 63.2 Å². The first-order chi connectivity index (χ1) is 15.2. The van der Waals surface area contributed by atoms with E-state index in [2.05, 4.69) is 14.9 Å². The Hall–Kier alpha value is -3.52. The molecule has 0 aliphatic rings. The number of aryl methyl sites for hydroxylation is 1. The summed E-state index contributed by atoms with van der Waals surface area (Å²) in [4.78, 5) is 28.8. The summed E-state index contributed by atoms with van der Waals surface area (Å²) in [7, 11) is 0. The van der Waals surface area contributed by atoms with Crippen LogP contribution in [0.25, 0.3) is 10.8 Å². The molecule has 0 aliphatic carbocycles. The Morgan fingerprint density at radius 3 is 2.47 bits per heavy atom. The molecular formula is C24H24N4O3S. The van der Waals surface area contributed by atoms with Gasteiger partial charge in [0.05, 0.1) is 5.69 Å². The molecule has 1 atom stereocenters. The Morgan fingerprint density at radius 1 is 1.06 bits per heavy atom. The zero-order chi connectivity index (χ0) is 22.9. The highest BCUT2D eigenvalue weighted by atomic mass is 32.1. The van der Waals surface area contributed by atoms with Crippen molar-refractivity contribution in [2.75, 3.05) is 4.90 Å². The number of nitrogens with zero attached hydrogens (tertiary/aromatic N) is 3. The third-order valence-corrected chi connectivity index (χ3v) is 5.36. The van der Waals surface area contributed by atoms with Crippen molar-refractivity contribution in [3.8, 4) is 0 Å². The fourth-order valence-electron chi connectivity index (χ4n) is 3.58. The monoisotopic (exact) mass is 448 g/mol. The minimum absolute atomic E-state index is 0.166. The van der Waals surface area contributed by atoms with Crippen LogP contribution in [0.3, 0.4) is 0 Å². The molecule has 2 heterocycles. The molecule has 2 aromatic heterocycles. The van der Waals surface area contributed by atoms with Crippen LogP contribution < -0.4 is 10.2 Å². The second-order valence-electron chi connectivity index (χ2n) is 8.55. The second-order valence-corrected chi connectivity index (χ2v) is 9.16. The first-order valence-electron chi connectivity index (χ1n) is 10.2. The predicted octanol–water partition coefficient (Wildman–Crippen LogP) is 4.90.